The number of nitrogens with one attached hydrogen (secondary N) is 1. The lowest BCUT2D eigenvalue weighted by molar-refractivity contribution is -0.178. The summed E-state index contributed by atoms with van der Waals surface area (Å²) in [7, 11) is 0. The van der Waals surface area contributed by atoms with Gasteiger partial charge in [0, 0.05) is 30.5 Å². The van der Waals surface area contributed by atoms with Crippen LogP contribution in [0.5, 0.6) is 5.75 Å². The van der Waals surface area contributed by atoms with Crippen molar-refractivity contribution in [2.45, 2.75) is 61.6 Å². The quantitative estimate of drug-likeness (QED) is 0.716. The molecule has 3 fully saturated rings. The van der Waals surface area contributed by atoms with Crippen molar-refractivity contribution in [2.75, 3.05) is 13.1 Å². The van der Waals surface area contributed by atoms with Gasteiger partial charge in [-0.15, -0.1) is 0 Å². The van der Waals surface area contributed by atoms with Crippen molar-refractivity contribution < 1.29 is 15.0 Å². The highest BCUT2D eigenvalue weighted by Gasteiger charge is 2.67. The first-order valence-electron chi connectivity index (χ1n) is 11.6. The number of phenolic OH excluding ortho intramolecular Hbond substituents is 1. The van der Waals surface area contributed by atoms with Crippen LogP contribution in [0.2, 0.25) is 0 Å². The van der Waals surface area contributed by atoms with Crippen molar-refractivity contribution in [3.8, 4) is 5.75 Å². The van der Waals surface area contributed by atoms with Crippen molar-refractivity contribution in [3.05, 3.63) is 65.2 Å². The van der Waals surface area contributed by atoms with Gasteiger partial charge in [-0.3, -0.25) is 9.69 Å². The molecule has 1 amide bonds. The lowest BCUT2D eigenvalue weighted by Crippen LogP contribution is -2.74. The minimum Gasteiger partial charge on any atom is -0.508 e. The van der Waals surface area contributed by atoms with Gasteiger partial charge in [-0.1, -0.05) is 36.4 Å². The first-order valence-corrected chi connectivity index (χ1v) is 11.6. The van der Waals surface area contributed by atoms with Crippen LogP contribution in [0.1, 0.15) is 42.4 Å². The van der Waals surface area contributed by atoms with E-state index >= 15 is 0 Å². The maximum Gasteiger partial charge on any atom is 0.220 e. The summed E-state index contributed by atoms with van der Waals surface area (Å²) in [6.07, 6.45) is 4.55. The Labute approximate surface area is 183 Å². The molecule has 2 bridgehead atoms. The molecule has 2 aromatic carbocycles. The average molecular weight is 419 g/mol. The third-order valence-electron chi connectivity index (χ3n) is 8.70. The van der Waals surface area contributed by atoms with Gasteiger partial charge in [-0.25, -0.2) is 0 Å². The van der Waals surface area contributed by atoms with E-state index in [0.29, 0.717) is 12.8 Å². The molecule has 31 heavy (non-hydrogen) atoms. The van der Waals surface area contributed by atoms with Crippen LogP contribution >= 0.6 is 0 Å². The zero-order chi connectivity index (χ0) is 21.2. The summed E-state index contributed by atoms with van der Waals surface area (Å²) in [5.41, 5.74) is 2.37. The molecule has 2 heterocycles. The van der Waals surface area contributed by atoms with Crippen LogP contribution in [-0.2, 0) is 23.1 Å². The summed E-state index contributed by atoms with van der Waals surface area (Å²) in [4.78, 5) is 14.7. The summed E-state index contributed by atoms with van der Waals surface area (Å²) >= 11 is 0. The average Bonchev–Trinajstić information content (AvgIpc) is 3.10. The molecule has 0 unspecified atom stereocenters. The highest BCUT2D eigenvalue weighted by atomic mass is 16.3. The lowest BCUT2D eigenvalue weighted by Gasteiger charge is -2.65. The fourth-order valence-electron chi connectivity index (χ4n) is 7.27. The van der Waals surface area contributed by atoms with E-state index < -0.39 is 11.0 Å². The summed E-state index contributed by atoms with van der Waals surface area (Å²) in [6.45, 7) is 1.85. The predicted octanol–water partition coefficient (Wildman–Crippen LogP) is 2.53. The summed E-state index contributed by atoms with van der Waals surface area (Å²) in [6, 6.07) is 16.4. The molecule has 0 radical (unpaired) electrons. The summed E-state index contributed by atoms with van der Waals surface area (Å²) in [5, 5.41) is 25.9. The van der Waals surface area contributed by atoms with Gasteiger partial charge < -0.3 is 15.5 Å². The van der Waals surface area contributed by atoms with Gasteiger partial charge in [0.1, 0.15) is 5.75 Å². The molecule has 6 rings (SSSR count). The third-order valence-corrected chi connectivity index (χ3v) is 8.70. The molecule has 2 saturated heterocycles. The fourth-order valence-corrected chi connectivity index (χ4v) is 7.27. The minimum atomic E-state index is -0.879. The zero-order valence-electron chi connectivity index (χ0n) is 17.8. The number of rotatable bonds is 3. The Morgan fingerprint density at radius 1 is 1.10 bits per heavy atom. The molecule has 5 atom stereocenters. The van der Waals surface area contributed by atoms with Crippen LogP contribution in [0, 0.1) is 5.92 Å². The smallest absolute Gasteiger partial charge is 0.220 e. The zero-order valence-corrected chi connectivity index (χ0v) is 17.8. The largest absolute Gasteiger partial charge is 0.508 e. The van der Waals surface area contributed by atoms with Crippen LogP contribution in [0.3, 0.4) is 0 Å². The van der Waals surface area contributed by atoms with Crippen molar-refractivity contribution in [3.63, 3.8) is 0 Å². The second-order valence-corrected chi connectivity index (χ2v) is 10.1. The van der Waals surface area contributed by atoms with E-state index in [1.54, 1.807) is 6.07 Å². The van der Waals surface area contributed by atoms with E-state index in [2.05, 4.69) is 34.5 Å². The van der Waals surface area contributed by atoms with E-state index in [9.17, 15) is 15.0 Å². The second-order valence-electron chi connectivity index (χ2n) is 10.1. The standard InChI is InChI=1S/C26H30N2O3/c29-20-7-6-18-12-23-26(31)15-19-13-24(30)27-22(19)16-25(26,21(18)14-20)9-11-28(23)10-8-17-4-2-1-3-5-17/h1-7,14,19,22-23,29,31H,8-13,15-16H2,(H,27,30)/t19-,22+,23-,25-,26-/m1/s1. The number of carbonyl (C=O) groups is 1. The van der Waals surface area contributed by atoms with Crippen LogP contribution in [0.4, 0.5) is 0 Å². The topological polar surface area (TPSA) is 72.8 Å². The first kappa shape index (κ1) is 19.3. The number of hydrogen-bond donors (Lipinski definition) is 3. The van der Waals surface area contributed by atoms with E-state index in [4.69, 9.17) is 0 Å². The van der Waals surface area contributed by atoms with Gasteiger partial charge in [0.15, 0.2) is 0 Å². The first-order chi connectivity index (χ1) is 15.0. The van der Waals surface area contributed by atoms with Crippen molar-refractivity contribution in [1.82, 2.24) is 10.2 Å². The van der Waals surface area contributed by atoms with E-state index in [0.717, 1.165) is 44.3 Å². The molecule has 5 nitrogen and oxygen atoms in total. The molecule has 3 N–H and O–H groups in total. The number of fused-ring (bicyclic) bond motifs is 2. The number of hydrogen-bond acceptors (Lipinski definition) is 4. The molecule has 2 aromatic rings. The van der Waals surface area contributed by atoms with Gasteiger partial charge in [0.25, 0.3) is 0 Å². The maximum absolute atomic E-state index is 12.4. The maximum atomic E-state index is 12.4. The Hall–Kier alpha value is -2.37. The Balaban J connectivity index is 1.39. The SMILES string of the molecule is O=C1C[C@@H]2C[C@@]3(O)[C@H]4Cc5ccc(O)cc5[C@@]3(CCN4CCc3ccccc3)C[C@@H]2N1. The van der Waals surface area contributed by atoms with Crippen LogP contribution < -0.4 is 5.32 Å². The highest BCUT2D eigenvalue weighted by molar-refractivity contribution is 5.79. The van der Waals surface area contributed by atoms with Gasteiger partial charge in [0.2, 0.25) is 5.91 Å². The number of benzene rings is 2. The molecule has 5 heteroatoms. The molecule has 162 valence electrons. The molecule has 0 aromatic heterocycles. The Kier molecular flexibility index (Phi) is 4.25. The lowest BCUT2D eigenvalue weighted by atomic mass is 9.47. The molecule has 1 saturated carbocycles. The molecule has 2 aliphatic heterocycles. The number of piperidine rings is 1. The van der Waals surface area contributed by atoms with Crippen LogP contribution in [0.25, 0.3) is 0 Å². The van der Waals surface area contributed by atoms with Crippen molar-refractivity contribution in [1.29, 1.82) is 0 Å². The van der Waals surface area contributed by atoms with E-state index in [1.165, 1.54) is 11.1 Å². The molecule has 4 aliphatic rings. The molecule has 0 spiro atoms. The molecule has 2 aliphatic carbocycles. The fraction of sp³-hybridized carbons (Fsp3) is 0.500. The third kappa shape index (κ3) is 2.79. The van der Waals surface area contributed by atoms with Gasteiger partial charge in [-0.05, 0) is 73.4 Å². The molecular formula is C26H30N2O3. The number of carbonyl (C=O) groups excluding carboxylic acids is 1. The second kappa shape index (κ2) is 6.81. The number of aromatic hydroxyl groups is 1. The van der Waals surface area contributed by atoms with Crippen LogP contribution in [0.15, 0.2) is 48.5 Å². The van der Waals surface area contributed by atoms with Gasteiger partial charge in [0.05, 0.1) is 5.60 Å². The van der Waals surface area contributed by atoms with Gasteiger partial charge in [-0.2, -0.15) is 0 Å². The van der Waals surface area contributed by atoms with Crippen molar-refractivity contribution in [2.24, 2.45) is 5.92 Å². The summed E-state index contributed by atoms with van der Waals surface area (Å²) in [5.74, 6) is 0.569. The summed E-state index contributed by atoms with van der Waals surface area (Å²) < 4.78 is 0. The Bertz CT molecular complexity index is 1020. The van der Waals surface area contributed by atoms with E-state index in [1.807, 2.05) is 18.2 Å². The number of aliphatic hydroxyl groups is 1. The normalized spacial score (nSPS) is 36.3. The number of phenols is 1. The van der Waals surface area contributed by atoms with Crippen molar-refractivity contribution >= 4 is 5.91 Å². The number of amides is 1. The predicted molar refractivity (Wildman–Crippen MR) is 118 cm³/mol. The number of nitrogens with zero attached hydrogens (tertiary/aromatic N) is 1. The Morgan fingerprint density at radius 3 is 2.77 bits per heavy atom. The Morgan fingerprint density at radius 2 is 1.94 bits per heavy atom. The monoisotopic (exact) mass is 418 g/mol. The van der Waals surface area contributed by atoms with Crippen LogP contribution in [-0.4, -0.2) is 51.8 Å². The molecular weight excluding hydrogens is 388 g/mol. The van der Waals surface area contributed by atoms with Gasteiger partial charge >= 0.3 is 0 Å². The highest BCUT2D eigenvalue weighted by Crippen LogP contribution is 2.60. The van der Waals surface area contributed by atoms with E-state index in [-0.39, 0.29) is 29.7 Å². The number of likely N-dealkylation sites (tertiary alicyclic amines) is 1. The minimum absolute atomic E-state index is 0.0404.